The van der Waals surface area contributed by atoms with Gasteiger partial charge < -0.3 is 10.5 Å². The number of fused-ring (bicyclic) bond motifs is 3. The summed E-state index contributed by atoms with van der Waals surface area (Å²) in [6, 6.07) is 7.06. The molecule has 0 bridgehead atoms. The molecule has 0 aliphatic heterocycles. The van der Waals surface area contributed by atoms with E-state index in [0.717, 1.165) is 5.52 Å². The Labute approximate surface area is 108 Å². The van der Waals surface area contributed by atoms with Crippen molar-refractivity contribution in [3.05, 3.63) is 29.8 Å². The van der Waals surface area contributed by atoms with Gasteiger partial charge in [-0.05, 0) is 35.5 Å². The van der Waals surface area contributed by atoms with Gasteiger partial charge in [0.15, 0.2) is 5.65 Å². The lowest BCUT2D eigenvalue weighted by Crippen LogP contribution is -2.08. The standard InChI is InChI=1S/C12H11N5O2/c1-2-19-12(18)8-6-7-9(13)4-3-5-10(7)17-11(8)14-15-16-17/h3-6H,2,13H2,1H3. The number of aromatic nitrogens is 4. The molecule has 2 N–H and O–H groups in total. The normalized spacial score (nSPS) is 11.0. The Balaban J connectivity index is 2.39. The molecule has 7 heteroatoms. The van der Waals surface area contributed by atoms with Crippen molar-refractivity contribution in [2.75, 3.05) is 12.3 Å². The van der Waals surface area contributed by atoms with Gasteiger partial charge in [-0.25, -0.2) is 4.79 Å². The van der Waals surface area contributed by atoms with E-state index >= 15 is 0 Å². The first-order chi connectivity index (χ1) is 9.22. The Kier molecular flexibility index (Phi) is 2.52. The molecule has 0 unspecified atom stereocenters. The van der Waals surface area contributed by atoms with Crippen molar-refractivity contribution in [3.8, 4) is 0 Å². The number of carbonyl (C=O) groups is 1. The third kappa shape index (κ3) is 1.67. The average molecular weight is 257 g/mol. The Morgan fingerprint density at radius 3 is 3.11 bits per heavy atom. The van der Waals surface area contributed by atoms with Gasteiger partial charge in [0.1, 0.15) is 5.56 Å². The Hall–Kier alpha value is -2.70. The molecule has 0 spiro atoms. The number of benzene rings is 1. The van der Waals surface area contributed by atoms with Crippen LogP contribution in [0.15, 0.2) is 24.3 Å². The van der Waals surface area contributed by atoms with Gasteiger partial charge >= 0.3 is 5.97 Å². The zero-order chi connectivity index (χ0) is 13.4. The predicted molar refractivity (Wildman–Crippen MR) is 68.7 cm³/mol. The van der Waals surface area contributed by atoms with Crippen molar-refractivity contribution in [1.82, 2.24) is 20.0 Å². The average Bonchev–Trinajstić information content (AvgIpc) is 2.88. The molecule has 0 aliphatic rings. The van der Waals surface area contributed by atoms with E-state index in [1.54, 1.807) is 19.1 Å². The SMILES string of the molecule is CCOC(=O)c1cc2c(N)cccc2n2nnnc12. The van der Waals surface area contributed by atoms with Crippen molar-refractivity contribution in [3.63, 3.8) is 0 Å². The highest BCUT2D eigenvalue weighted by atomic mass is 16.5. The van der Waals surface area contributed by atoms with E-state index in [2.05, 4.69) is 15.5 Å². The zero-order valence-electron chi connectivity index (χ0n) is 10.2. The molecule has 2 heterocycles. The summed E-state index contributed by atoms with van der Waals surface area (Å²) in [4.78, 5) is 11.9. The van der Waals surface area contributed by atoms with Crippen LogP contribution in [0, 0.1) is 0 Å². The quantitative estimate of drug-likeness (QED) is 0.544. The first-order valence-corrected chi connectivity index (χ1v) is 5.78. The van der Waals surface area contributed by atoms with E-state index in [1.807, 2.05) is 12.1 Å². The summed E-state index contributed by atoms with van der Waals surface area (Å²) in [6.07, 6.45) is 0. The van der Waals surface area contributed by atoms with Gasteiger partial charge in [0.05, 0.1) is 12.1 Å². The molecule has 7 nitrogen and oxygen atoms in total. The second-order valence-electron chi connectivity index (χ2n) is 3.97. The molecule has 3 rings (SSSR count). The molecule has 2 aromatic heterocycles. The molecule has 0 fully saturated rings. The third-order valence-corrected chi connectivity index (χ3v) is 2.84. The molecule has 3 aromatic rings. The molecule has 0 radical (unpaired) electrons. The maximum atomic E-state index is 11.9. The summed E-state index contributed by atoms with van der Waals surface area (Å²) >= 11 is 0. The molecule has 0 saturated heterocycles. The number of hydrogen-bond acceptors (Lipinski definition) is 6. The smallest absolute Gasteiger partial charge is 0.342 e. The number of nitrogens with two attached hydrogens (primary N) is 1. The van der Waals surface area contributed by atoms with E-state index in [1.165, 1.54) is 4.52 Å². The fourth-order valence-corrected chi connectivity index (χ4v) is 2.00. The zero-order valence-corrected chi connectivity index (χ0v) is 10.2. The van der Waals surface area contributed by atoms with Crippen LogP contribution in [-0.4, -0.2) is 32.6 Å². The van der Waals surface area contributed by atoms with Gasteiger partial charge in [-0.2, -0.15) is 4.52 Å². The Morgan fingerprint density at radius 1 is 1.47 bits per heavy atom. The number of pyridine rings is 1. The second-order valence-corrected chi connectivity index (χ2v) is 3.97. The number of rotatable bonds is 2. The number of ether oxygens (including phenoxy) is 1. The topological polar surface area (TPSA) is 95.4 Å². The molecule has 19 heavy (non-hydrogen) atoms. The number of carbonyl (C=O) groups excluding carboxylic acids is 1. The Morgan fingerprint density at radius 2 is 2.32 bits per heavy atom. The van der Waals surface area contributed by atoms with Crippen LogP contribution in [0.3, 0.4) is 0 Å². The van der Waals surface area contributed by atoms with E-state index in [-0.39, 0.29) is 6.61 Å². The summed E-state index contributed by atoms with van der Waals surface area (Å²) in [5, 5.41) is 12.1. The van der Waals surface area contributed by atoms with Gasteiger partial charge in [-0.3, -0.25) is 0 Å². The maximum absolute atomic E-state index is 11.9. The monoisotopic (exact) mass is 257 g/mol. The van der Waals surface area contributed by atoms with Crippen molar-refractivity contribution >= 4 is 28.2 Å². The second kappa shape index (κ2) is 4.20. The van der Waals surface area contributed by atoms with Crippen LogP contribution < -0.4 is 5.73 Å². The van der Waals surface area contributed by atoms with Crippen molar-refractivity contribution in [2.45, 2.75) is 6.92 Å². The van der Waals surface area contributed by atoms with Crippen molar-refractivity contribution < 1.29 is 9.53 Å². The summed E-state index contributed by atoms with van der Waals surface area (Å²) < 4.78 is 6.49. The number of nitrogens with zero attached hydrogens (tertiary/aromatic N) is 4. The lowest BCUT2D eigenvalue weighted by Gasteiger charge is -2.07. The Bertz CT molecular complexity index is 780. The minimum atomic E-state index is -0.465. The molecular weight excluding hydrogens is 246 g/mol. The number of anilines is 1. The molecule has 0 saturated carbocycles. The van der Waals surface area contributed by atoms with Crippen LogP contribution >= 0.6 is 0 Å². The summed E-state index contributed by atoms with van der Waals surface area (Å²) in [7, 11) is 0. The van der Waals surface area contributed by atoms with Crippen LogP contribution in [0.25, 0.3) is 16.6 Å². The van der Waals surface area contributed by atoms with Crippen LogP contribution in [0.5, 0.6) is 0 Å². The minimum absolute atomic E-state index is 0.287. The number of tetrazole rings is 1. The summed E-state index contributed by atoms with van der Waals surface area (Å²) in [6.45, 7) is 2.03. The largest absolute Gasteiger partial charge is 0.462 e. The minimum Gasteiger partial charge on any atom is -0.462 e. The molecule has 96 valence electrons. The third-order valence-electron chi connectivity index (χ3n) is 2.84. The van der Waals surface area contributed by atoms with Gasteiger partial charge in [-0.15, -0.1) is 5.10 Å². The highest BCUT2D eigenvalue weighted by Crippen LogP contribution is 2.24. The van der Waals surface area contributed by atoms with Crippen LogP contribution in [-0.2, 0) is 4.74 Å². The van der Waals surface area contributed by atoms with E-state index < -0.39 is 5.97 Å². The van der Waals surface area contributed by atoms with Crippen molar-refractivity contribution in [2.24, 2.45) is 0 Å². The van der Waals surface area contributed by atoms with E-state index in [9.17, 15) is 4.79 Å². The van der Waals surface area contributed by atoms with Crippen molar-refractivity contribution in [1.29, 1.82) is 0 Å². The molecule has 1 aromatic carbocycles. The van der Waals surface area contributed by atoms with Gasteiger partial charge in [-0.1, -0.05) is 6.07 Å². The highest BCUT2D eigenvalue weighted by molar-refractivity contribution is 6.03. The maximum Gasteiger partial charge on any atom is 0.342 e. The number of nitrogen functional groups attached to an aromatic ring is 1. The van der Waals surface area contributed by atoms with E-state index in [4.69, 9.17) is 10.5 Å². The molecule has 0 atom stereocenters. The van der Waals surface area contributed by atoms with Crippen LogP contribution in [0.4, 0.5) is 5.69 Å². The summed E-state index contributed by atoms with van der Waals surface area (Å²) in [5.41, 5.74) is 7.89. The predicted octanol–water partition coefficient (Wildman–Crippen LogP) is 1.04. The van der Waals surface area contributed by atoms with Gasteiger partial charge in [0, 0.05) is 11.1 Å². The van der Waals surface area contributed by atoms with Gasteiger partial charge in [0.25, 0.3) is 0 Å². The lowest BCUT2D eigenvalue weighted by molar-refractivity contribution is 0.0528. The first kappa shape index (κ1) is 11.4. The summed E-state index contributed by atoms with van der Waals surface area (Å²) in [5.74, 6) is -0.465. The first-order valence-electron chi connectivity index (χ1n) is 5.78. The molecule has 0 aliphatic carbocycles. The fourth-order valence-electron chi connectivity index (χ4n) is 2.00. The van der Waals surface area contributed by atoms with Crippen LogP contribution in [0.1, 0.15) is 17.3 Å². The highest BCUT2D eigenvalue weighted by Gasteiger charge is 2.17. The van der Waals surface area contributed by atoms with Gasteiger partial charge in [0.2, 0.25) is 0 Å². The van der Waals surface area contributed by atoms with E-state index in [0.29, 0.717) is 22.3 Å². The fraction of sp³-hybridized carbons (Fsp3) is 0.167. The number of hydrogen-bond donors (Lipinski definition) is 1. The van der Waals surface area contributed by atoms with Crippen LogP contribution in [0.2, 0.25) is 0 Å². The lowest BCUT2D eigenvalue weighted by atomic mass is 10.1. The number of esters is 1. The molecule has 0 amide bonds. The molecular formula is C12H11N5O2.